The molecule has 0 amide bonds. The quantitative estimate of drug-likeness (QED) is 0.248. The first-order chi connectivity index (χ1) is 12.6. The molecule has 26 heavy (non-hydrogen) atoms. The fraction of sp³-hybridized carbons (Fsp3) is 0.500. The monoisotopic (exact) mass is 387 g/mol. The van der Waals surface area contributed by atoms with E-state index in [0.717, 1.165) is 18.1 Å². The Bertz CT molecular complexity index is 571. The summed E-state index contributed by atoms with van der Waals surface area (Å²) in [6.45, 7) is 6.50. The number of aliphatic imine (C=N–C) groups is 1. The number of nitrogens with zero attached hydrogens (tertiary/aromatic N) is 1. The third-order valence-corrected chi connectivity index (χ3v) is 4.06. The minimum absolute atomic E-state index is 0.0329. The zero-order valence-electron chi connectivity index (χ0n) is 15.3. The Kier molecular flexibility index (Phi) is 11.3. The molecule has 0 saturated carbocycles. The van der Waals surface area contributed by atoms with Gasteiger partial charge in [0.2, 0.25) is 0 Å². The van der Waals surface area contributed by atoms with Crippen LogP contribution < -0.4 is 20.1 Å². The zero-order valence-corrected chi connectivity index (χ0v) is 16.1. The molecule has 0 spiro atoms. The molecule has 0 saturated heterocycles. The van der Waals surface area contributed by atoms with E-state index in [1.807, 2.05) is 13.0 Å². The summed E-state index contributed by atoms with van der Waals surface area (Å²) >= 11 is 1.76. The second-order valence-electron chi connectivity index (χ2n) is 5.04. The number of para-hydroxylation sites is 1. The van der Waals surface area contributed by atoms with Crippen molar-refractivity contribution in [3.05, 3.63) is 36.4 Å². The molecule has 0 heterocycles. The van der Waals surface area contributed by atoms with E-state index in [4.69, 9.17) is 4.74 Å². The number of ether oxygens (including phenoxy) is 2. The van der Waals surface area contributed by atoms with Gasteiger partial charge >= 0.3 is 6.61 Å². The maximum atomic E-state index is 12.8. The van der Waals surface area contributed by atoms with Crippen LogP contribution in [-0.2, 0) is 6.54 Å². The van der Waals surface area contributed by atoms with Gasteiger partial charge in [-0.2, -0.15) is 20.5 Å². The predicted molar refractivity (Wildman–Crippen MR) is 105 cm³/mol. The summed E-state index contributed by atoms with van der Waals surface area (Å²) in [5.74, 6) is 2.76. The topological polar surface area (TPSA) is 54.9 Å². The molecule has 2 N–H and O–H groups in total. The maximum Gasteiger partial charge on any atom is 0.387 e. The van der Waals surface area contributed by atoms with Crippen LogP contribution >= 0.6 is 11.8 Å². The molecule has 1 rings (SSSR count). The molecule has 8 heteroatoms. The standard InChI is InChI=1S/C18H27F2N3O2S/c1-4-11-26-12-10-22-18(21-5-2)23-13-14-8-7-9-15(24-6-3)16(14)25-17(19)20/h4,7-9,17H,1,5-6,10-13H2,2-3H3,(H2,21,22,23). The Morgan fingerprint density at radius 1 is 1.35 bits per heavy atom. The summed E-state index contributed by atoms with van der Waals surface area (Å²) in [6, 6.07) is 5.04. The highest BCUT2D eigenvalue weighted by molar-refractivity contribution is 7.99. The van der Waals surface area contributed by atoms with Gasteiger partial charge in [-0.3, -0.25) is 0 Å². The number of nitrogens with one attached hydrogen (secondary N) is 2. The molecule has 0 aliphatic carbocycles. The first-order valence-electron chi connectivity index (χ1n) is 8.52. The summed E-state index contributed by atoms with van der Waals surface area (Å²) in [6.07, 6.45) is 1.86. The molecular weight excluding hydrogens is 360 g/mol. The Morgan fingerprint density at radius 3 is 2.81 bits per heavy atom. The summed E-state index contributed by atoms with van der Waals surface area (Å²) in [7, 11) is 0. The van der Waals surface area contributed by atoms with Crippen molar-refractivity contribution in [1.29, 1.82) is 0 Å². The Labute approximate surface area is 158 Å². The van der Waals surface area contributed by atoms with Gasteiger partial charge in [-0.1, -0.05) is 18.2 Å². The van der Waals surface area contributed by atoms with Crippen molar-refractivity contribution in [1.82, 2.24) is 10.6 Å². The van der Waals surface area contributed by atoms with Crippen molar-refractivity contribution in [2.24, 2.45) is 4.99 Å². The second-order valence-corrected chi connectivity index (χ2v) is 6.19. The molecule has 0 radical (unpaired) electrons. The summed E-state index contributed by atoms with van der Waals surface area (Å²) in [4.78, 5) is 4.46. The molecule has 0 unspecified atom stereocenters. The van der Waals surface area contributed by atoms with E-state index in [1.54, 1.807) is 36.9 Å². The molecule has 5 nitrogen and oxygen atoms in total. The third kappa shape index (κ3) is 8.42. The highest BCUT2D eigenvalue weighted by Gasteiger charge is 2.15. The van der Waals surface area contributed by atoms with Gasteiger partial charge < -0.3 is 20.1 Å². The number of thioether (sulfide) groups is 1. The molecule has 146 valence electrons. The first kappa shape index (κ1) is 22.1. The van der Waals surface area contributed by atoms with Gasteiger partial charge in [0.25, 0.3) is 0 Å². The van der Waals surface area contributed by atoms with E-state index in [1.165, 1.54) is 0 Å². The van der Waals surface area contributed by atoms with Gasteiger partial charge in [-0.15, -0.1) is 6.58 Å². The first-order valence-corrected chi connectivity index (χ1v) is 9.68. The van der Waals surface area contributed by atoms with Crippen LogP contribution in [0.1, 0.15) is 19.4 Å². The van der Waals surface area contributed by atoms with E-state index >= 15 is 0 Å². The maximum absolute atomic E-state index is 12.8. The van der Waals surface area contributed by atoms with Crippen LogP contribution in [-0.4, -0.2) is 43.8 Å². The average Bonchev–Trinajstić information content (AvgIpc) is 2.61. The van der Waals surface area contributed by atoms with Crippen molar-refractivity contribution in [3.63, 3.8) is 0 Å². The number of alkyl halides is 2. The van der Waals surface area contributed by atoms with Gasteiger partial charge in [0.1, 0.15) is 0 Å². The van der Waals surface area contributed by atoms with E-state index in [9.17, 15) is 8.78 Å². The summed E-state index contributed by atoms with van der Waals surface area (Å²) in [5, 5.41) is 6.35. The van der Waals surface area contributed by atoms with Crippen LogP contribution in [0.3, 0.4) is 0 Å². The van der Waals surface area contributed by atoms with Crippen LogP contribution in [0.5, 0.6) is 11.5 Å². The normalized spacial score (nSPS) is 11.3. The number of halogens is 2. The molecule has 1 aromatic rings. The Balaban J connectivity index is 2.83. The van der Waals surface area contributed by atoms with Crippen molar-refractivity contribution < 1.29 is 18.3 Å². The van der Waals surface area contributed by atoms with E-state index in [-0.39, 0.29) is 12.3 Å². The number of guanidine groups is 1. The van der Waals surface area contributed by atoms with E-state index < -0.39 is 6.61 Å². The lowest BCUT2D eigenvalue weighted by Crippen LogP contribution is -2.38. The molecule has 1 aromatic carbocycles. The van der Waals surface area contributed by atoms with Crippen LogP contribution in [0.15, 0.2) is 35.8 Å². The largest absolute Gasteiger partial charge is 0.490 e. The van der Waals surface area contributed by atoms with Crippen LogP contribution in [0.2, 0.25) is 0 Å². The number of benzene rings is 1. The third-order valence-electron chi connectivity index (χ3n) is 3.09. The minimum Gasteiger partial charge on any atom is -0.490 e. The minimum atomic E-state index is -2.92. The summed E-state index contributed by atoms with van der Waals surface area (Å²) in [5.41, 5.74) is 0.537. The average molecular weight is 387 g/mol. The predicted octanol–water partition coefficient (Wildman–Crippen LogP) is 3.66. The number of rotatable bonds is 12. The fourth-order valence-corrected chi connectivity index (χ4v) is 2.67. The molecule has 0 atom stereocenters. The van der Waals surface area contributed by atoms with Crippen molar-refractivity contribution in [3.8, 4) is 11.5 Å². The van der Waals surface area contributed by atoms with Gasteiger partial charge in [0.15, 0.2) is 17.5 Å². The zero-order chi connectivity index (χ0) is 19.2. The smallest absolute Gasteiger partial charge is 0.387 e. The summed E-state index contributed by atoms with van der Waals surface area (Å²) < 4.78 is 35.6. The van der Waals surface area contributed by atoms with Crippen molar-refractivity contribution in [2.75, 3.05) is 31.2 Å². The number of hydrogen-bond acceptors (Lipinski definition) is 4. The fourth-order valence-electron chi connectivity index (χ4n) is 2.09. The van der Waals surface area contributed by atoms with Crippen LogP contribution in [0.4, 0.5) is 8.78 Å². The van der Waals surface area contributed by atoms with Crippen molar-refractivity contribution >= 4 is 17.7 Å². The second kappa shape index (κ2) is 13.3. The van der Waals surface area contributed by atoms with Gasteiger partial charge in [0, 0.05) is 30.2 Å². The Hall–Kier alpha value is -1.96. The van der Waals surface area contributed by atoms with Gasteiger partial charge in [-0.25, -0.2) is 4.99 Å². The number of hydrogen-bond donors (Lipinski definition) is 2. The van der Waals surface area contributed by atoms with Gasteiger partial charge in [-0.05, 0) is 19.9 Å². The molecule has 0 aromatic heterocycles. The SMILES string of the molecule is C=CCSCCNC(=NCc1cccc(OCC)c1OC(F)F)NCC. The van der Waals surface area contributed by atoms with Gasteiger partial charge in [0.05, 0.1) is 13.2 Å². The molecular formula is C18H27F2N3O2S. The Morgan fingerprint density at radius 2 is 2.15 bits per heavy atom. The molecule has 0 aliphatic heterocycles. The van der Waals surface area contributed by atoms with E-state index in [2.05, 4.69) is 26.9 Å². The van der Waals surface area contributed by atoms with Crippen LogP contribution in [0.25, 0.3) is 0 Å². The highest BCUT2D eigenvalue weighted by atomic mass is 32.2. The molecule has 0 bridgehead atoms. The highest BCUT2D eigenvalue weighted by Crippen LogP contribution is 2.33. The lowest BCUT2D eigenvalue weighted by molar-refractivity contribution is -0.0520. The molecule has 0 aliphatic rings. The lowest BCUT2D eigenvalue weighted by Gasteiger charge is -2.15. The van der Waals surface area contributed by atoms with Crippen molar-refractivity contribution in [2.45, 2.75) is 27.0 Å². The van der Waals surface area contributed by atoms with Crippen LogP contribution in [0, 0.1) is 0 Å². The molecule has 0 fully saturated rings. The lowest BCUT2D eigenvalue weighted by atomic mass is 10.2. The van der Waals surface area contributed by atoms with E-state index in [0.29, 0.717) is 30.4 Å².